The summed E-state index contributed by atoms with van der Waals surface area (Å²) in [7, 11) is 0. The molecule has 186 valence electrons. The van der Waals surface area contributed by atoms with Crippen LogP contribution in [0.2, 0.25) is 0 Å². The number of aliphatic hydroxyl groups excluding tert-OH is 1. The Morgan fingerprint density at radius 3 is 2.29 bits per heavy atom. The molecule has 0 amide bonds. The molecular formula is C29H35ClN2O3. The first kappa shape index (κ1) is 26.7. The van der Waals surface area contributed by atoms with Gasteiger partial charge in [-0.3, -0.25) is 9.69 Å². The molecule has 0 radical (unpaired) electrons. The molecule has 0 saturated carbocycles. The van der Waals surface area contributed by atoms with Crippen molar-refractivity contribution in [2.24, 2.45) is 0 Å². The SMILES string of the molecule is Cc1ccc(N2CCN(CC(O)COc3ccccc3C(=O)CCc3ccccc3)CC2)cc1.Cl. The molecule has 0 aromatic heterocycles. The van der Waals surface area contributed by atoms with Crippen molar-refractivity contribution in [2.75, 3.05) is 44.2 Å². The third kappa shape index (κ3) is 7.82. The molecule has 6 heteroatoms. The minimum Gasteiger partial charge on any atom is -0.490 e. The highest BCUT2D eigenvalue weighted by atomic mass is 35.5. The number of aryl methyl sites for hydroxylation is 2. The number of nitrogens with zero attached hydrogens (tertiary/aromatic N) is 2. The summed E-state index contributed by atoms with van der Waals surface area (Å²) in [5, 5.41) is 10.6. The Labute approximate surface area is 214 Å². The van der Waals surface area contributed by atoms with Crippen LogP contribution in [0.3, 0.4) is 0 Å². The molecule has 1 unspecified atom stereocenters. The Hall–Kier alpha value is -2.86. The van der Waals surface area contributed by atoms with Crippen LogP contribution in [0.4, 0.5) is 5.69 Å². The molecule has 1 N–H and O–H groups in total. The zero-order chi connectivity index (χ0) is 23.8. The number of benzene rings is 3. The summed E-state index contributed by atoms with van der Waals surface area (Å²) >= 11 is 0. The van der Waals surface area contributed by atoms with Crippen molar-refractivity contribution in [3.63, 3.8) is 0 Å². The quantitative estimate of drug-likeness (QED) is 0.410. The van der Waals surface area contributed by atoms with E-state index in [0.29, 0.717) is 30.7 Å². The van der Waals surface area contributed by atoms with Gasteiger partial charge in [-0.1, -0.05) is 60.2 Å². The number of ketones is 1. The van der Waals surface area contributed by atoms with Crippen LogP contribution < -0.4 is 9.64 Å². The highest BCUT2D eigenvalue weighted by Crippen LogP contribution is 2.21. The summed E-state index contributed by atoms with van der Waals surface area (Å²) < 4.78 is 5.91. The van der Waals surface area contributed by atoms with Gasteiger partial charge in [0.1, 0.15) is 18.5 Å². The highest BCUT2D eigenvalue weighted by molar-refractivity contribution is 5.98. The number of carbonyl (C=O) groups is 1. The van der Waals surface area contributed by atoms with Crippen LogP contribution >= 0.6 is 12.4 Å². The number of carbonyl (C=O) groups excluding carboxylic acids is 1. The van der Waals surface area contributed by atoms with Gasteiger partial charge in [0.2, 0.25) is 0 Å². The van der Waals surface area contributed by atoms with Gasteiger partial charge >= 0.3 is 0 Å². The monoisotopic (exact) mass is 494 g/mol. The summed E-state index contributed by atoms with van der Waals surface area (Å²) in [5.74, 6) is 0.602. The molecule has 35 heavy (non-hydrogen) atoms. The average molecular weight is 495 g/mol. The Morgan fingerprint density at radius 1 is 0.914 bits per heavy atom. The van der Waals surface area contributed by atoms with E-state index in [-0.39, 0.29) is 24.8 Å². The third-order valence-corrected chi connectivity index (χ3v) is 6.34. The second-order valence-corrected chi connectivity index (χ2v) is 8.99. The second kappa shape index (κ2) is 13.3. The summed E-state index contributed by atoms with van der Waals surface area (Å²) in [4.78, 5) is 17.5. The van der Waals surface area contributed by atoms with E-state index in [4.69, 9.17) is 4.74 Å². The van der Waals surface area contributed by atoms with E-state index in [1.54, 1.807) is 6.07 Å². The van der Waals surface area contributed by atoms with Crippen LogP contribution in [0.5, 0.6) is 5.75 Å². The predicted octanol–water partition coefficient (Wildman–Crippen LogP) is 4.79. The lowest BCUT2D eigenvalue weighted by atomic mass is 10.0. The van der Waals surface area contributed by atoms with Crippen molar-refractivity contribution in [3.05, 3.63) is 95.6 Å². The fourth-order valence-electron chi connectivity index (χ4n) is 4.34. The van der Waals surface area contributed by atoms with Crippen LogP contribution in [0.1, 0.15) is 27.9 Å². The fraction of sp³-hybridized carbons (Fsp3) is 0.345. The number of ether oxygens (including phenoxy) is 1. The molecule has 1 heterocycles. The summed E-state index contributed by atoms with van der Waals surface area (Å²) in [6.07, 6.45) is 0.516. The minimum atomic E-state index is -0.613. The number of piperazine rings is 1. The van der Waals surface area contributed by atoms with Gasteiger partial charge in [0.05, 0.1) is 5.56 Å². The smallest absolute Gasteiger partial charge is 0.166 e. The number of para-hydroxylation sites is 1. The largest absolute Gasteiger partial charge is 0.490 e. The first-order chi connectivity index (χ1) is 16.6. The van der Waals surface area contributed by atoms with Gasteiger partial charge in [0.25, 0.3) is 0 Å². The normalized spacial score (nSPS) is 14.7. The van der Waals surface area contributed by atoms with Crippen molar-refractivity contribution >= 4 is 23.9 Å². The Balaban J connectivity index is 0.00000342. The van der Waals surface area contributed by atoms with Crippen molar-refractivity contribution in [2.45, 2.75) is 25.9 Å². The van der Waals surface area contributed by atoms with Crippen molar-refractivity contribution in [1.82, 2.24) is 4.90 Å². The standard InChI is InChI=1S/C29H34N2O3.ClH/c1-23-11-14-25(15-12-23)31-19-17-30(18-20-31)21-26(32)22-34-29-10-6-5-9-27(29)28(33)16-13-24-7-3-2-4-8-24;/h2-12,14-15,26,32H,13,16-22H2,1H3;1H. The average Bonchev–Trinajstić information content (AvgIpc) is 2.88. The van der Waals surface area contributed by atoms with E-state index < -0.39 is 6.10 Å². The molecule has 0 aliphatic carbocycles. The first-order valence-electron chi connectivity index (χ1n) is 12.1. The topological polar surface area (TPSA) is 53.0 Å². The van der Waals surface area contributed by atoms with Crippen LogP contribution in [0, 0.1) is 6.92 Å². The minimum absolute atomic E-state index is 0. The molecule has 1 aliphatic rings. The number of hydrogen-bond donors (Lipinski definition) is 1. The van der Waals surface area contributed by atoms with Crippen molar-refractivity contribution in [1.29, 1.82) is 0 Å². The Morgan fingerprint density at radius 2 is 1.57 bits per heavy atom. The van der Waals surface area contributed by atoms with E-state index in [9.17, 15) is 9.90 Å². The molecule has 1 aliphatic heterocycles. The maximum Gasteiger partial charge on any atom is 0.166 e. The van der Waals surface area contributed by atoms with E-state index >= 15 is 0 Å². The number of aliphatic hydroxyl groups is 1. The summed E-state index contributed by atoms with van der Waals surface area (Å²) in [6.45, 7) is 6.51. The highest BCUT2D eigenvalue weighted by Gasteiger charge is 2.20. The molecule has 3 aromatic carbocycles. The number of Topliss-reactive ketones (excluding diaryl/α,β-unsaturated/α-hetero) is 1. The molecule has 5 nitrogen and oxygen atoms in total. The molecular weight excluding hydrogens is 460 g/mol. The molecule has 1 saturated heterocycles. The predicted molar refractivity (Wildman–Crippen MR) is 144 cm³/mol. The van der Waals surface area contributed by atoms with Crippen LogP contribution in [0.25, 0.3) is 0 Å². The molecule has 1 atom stereocenters. The summed E-state index contributed by atoms with van der Waals surface area (Å²) in [6, 6.07) is 26.0. The van der Waals surface area contributed by atoms with Gasteiger partial charge in [0, 0.05) is 44.8 Å². The van der Waals surface area contributed by atoms with E-state index in [1.807, 2.05) is 48.5 Å². The number of anilines is 1. The van der Waals surface area contributed by atoms with Gasteiger partial charge in [0.15, 0.2) is 5.78 Å². The third-order valence-electron chi connectivity index (χ3n) is 6.34. The molecule has 4 rings (SSSR count). The van der Waals surface area contributed by atoms with Crippen LogP contribution in [-0.2, 0) is 6.42 Å². The molecule has 0 spiro atoms. The molecule has 0 bridgehead atoms. The van der Waals surface area contributed by atoms with E-state index in [2.05, 4.69) is 41.0 Å². The Bertz CT molecular complexity index is 1050. The zero-order valence-electron chi connectivity index (χ0n) is 20.3. The van der Waals surface area contributed by atoms with Gasteiger partial charge in [-0.25, -0.2) is 0 Å². The van der Waals surface area contributed by atoms with Crippen LogP contribution in [0.15, 0.2) is 78.9 Å². The maximum atomic E-state index is 12.8. The molecule has 1 fully saturated rings. The van der Waals surface area contributed by atoms with Crippen molar-refractivity contribution < 1.29 is 14.6 Å². The second-order valence-electron chi connectivity index (χ2n) is 8.99. The van der Waals surface area contributed by atoms with E-state index in [1.165, 1.54) is 11.3 Å². The van der Waals surface area contributed by atoms with E-state index in [0.717, 1.165) is 31.7 Å². The number of rotatable bonds is 10. The van der Waals surface area contributed by atoms with Crippen molar-refractivity contribution in [3.8, 4) is 5.75 Å². The van der Waals surface area contributed by atoms with Gasteiger partial charge in [-0.2, -0.15) is 0 Å². The van der Waals surface area contributed by atoms with Gasteiger partial charge in [-0.15, -0.1) is 12.4 Å². The zero-order valence-corrected chi connectivity index (χ0v) is 21.1. The molecule has 3 aromatic rings. The van der Waals surface area contributed by atoms with Crippen LogP contribution in [-0.4, -0.2) is 61.2 Å². The maximum absolute atomic E-state index is 12.8. The van der Waals surface area contributed by atoms with Gasteiger partial charge < -0.3 is 14.7 Å². The first-order valence-corrected chi connectivity index (χ1v) is 12.1. The number of halogens is 1. The lowest BCUT2D eigenvalue weighted by Crippen LogP contribution is -2.49. The number of hydrogen-bond acceptors (Lipinski definition) is 5. The summed E-state index contributed by atoms with van der Waals surface area (Å²) in [5.41, 5.74) is 4.25. The fourth-order valence-corrected chi connectivity index (χ4v) is 4.34. The number of β-amino-alcohol motifs (C(OH)–C–C–N with tert-alkyl or cyclic N) is 1. The lowest BCUT2D eigenvalue weighted by Gasteiger charge is -2.37. The lowest BCUT2D eigenvalue weighted by molar-refractivity contribution is 0.0655. The van der Waals surface area contributed by atoms with Gasteiger partial charge in [-0.05, 0) is 43.2 Å². The Kier molecular flexibility index (Phi) is 10.2.